The van der Waals surface area contributed by atoms with Crippen LogP contribution in [0, 0.1) is 0 Å². The molecule has 0 aliphatic rings. The van der Waals surface area contributed by atoms with Crippen molar-refractivity contribution in [2.75, 3.05) is 13.1 Å². The lowest BCUT2D eigenvalue weighted by molar-refractivity contribution is -0.118. The van der Waals surface area contributed by atoms with Crippen molar-refractivity contribution in [3.8, 4) is 0 Å². The number of pyridine rings is 1. The van der Waals surface area contributed by atoms with Crippen molar-refractivity contribution in [1.82, 2.24) is 15.6 Å². The first-order chi connectivity index (χ1) is 6.79. The number of rotatable bonds is 5. The second kappa shape index (κ2) is 6.10. The van der Waals surface area contributed by atoms with Crippen LogP contribution in [0.2, 0.25) is 0 Å². The van der Waals surface area contributed by atoms with Crippen LogP contribution in [-0.2, 0) is 11.3 Å². The van der Waals surface area contributed by atoms with Gasteiger partial charge in [-0.3, -0.25) is 9.78 Å². The van der Waals surface area contributed by atoms with E-state index in [1.54, 1.807) is 12.4 Å². The van der Waals surface area contributed by atoms with Crippen molar-refractivity contribution in [2.45, 2.75) is 13.5 Å². The fourth-order valence-electron chi connectivity index (χ4n) is 1.06. The summed E-state index contributed by atoms with van der Waals surface area (Å²) < 4.78 is 0. The van der Waals surface area contributed by atoms with Gasteiger partial charge in [-0.05, 0) is 17.7 Å². The first kappa shape index (κ1) is 10.7. The van der Waals surface area contributed by atoms with Gasteiger partial charge in [0, 0.05) is 39.0 Å². The predicted octanol–water partition coefficient (Wildman–Crippen LogP) is 0.307. The summed E-state index contributed by atoms with van der Waals surface area (Å²) in [7, 11) is 0. The molecule has 14 heavy (non-hydrogen) atoms. The Morgan fingerprint density at radius 1 is 1.36 bits per heavy atom. The third kappa shape index (κ3) is 4.57. The standard InChI is InChI=1S/C10H15N3O/c1-9(14)13-7-6-12-8-10-2-4-11-5-3-10/h2-5,12H,6-8H2,1H3,(H,13,14). The van der Waals surface area contributed by atoms with Crippen LogP contribution in [0.15, 0.2) is 24.5 Å². The molecule has 4 heteroatoms. The maximum Gasteiger partial charge on any atom is 0.216 e. The molecule has 0 bridgehead atoms. The molecule has 76 valence electrons. The van der Waals surface area contributed by atoms with E-state index in [0.29, 0.717) is 6.54 Å². The van der Waals surface area contributed by atoms with Gasteiger partial charge >= 0.3 is 0 Å². The number of nitrogens with zero attached hydrogens (tertiary/aromatic N) is 1. The van der Waals surface area contributed by atoms with Gasteiger partial charge in [-0.2, -0.15) is 0 Å². The van der Waals surface area contributed by atoms with Gasteiger partial charge in [-0.25, -0.2) is 0 Å². The number of hydrogen-bond acceptors (Lipinski definition) is 3. The highest BCUT2D eigenvalue weighted by molar-refractivity contribution is 5.72. The lowest BCUT2D eigenvalue weighted by Crippen LogP contribution is -2.29. The topological polar surface area (TPSA) is 54.0 Å². The van der Waals surface area contributed by atoms with Gasteiger partial charge in [-0.15, -0.1) is 0 Å². The van der Waals surface area contributed by atoms with Crippen LogP contribution < -0.4 is 10.6 Å². The number of amides is 1. The monoisotopic (exact) mass is 193 g/mol. The smallest absolute Gasteiger partial charge is 0.216 e. The number of carbonyl (C=O) groups is 1. The van der Waals surface area contributed by atoms with Crippen LogP contribution in [0.25, 0.3) is 0 Å². The first-order valence-electron chi connectivity index (χ1n) is 4.63. The van der Waals surface area contributed by atoms with Gasteiger partial charge < -0.3 is 10.6 Å². The highest BCUT2D eigenvalue weighted by Crippen LogP contribution is 1.93. The quantitative estimate of drug-likeness (QED) is 0.662. The fourth-order valence-corrected chi connectivity index (χ4v) is 1.06. The normalized spacial score (nSPS) is 9.79. The molecule has 1 amide bonds. The molecule has 0 radical (unpaired) electrons. The SMILES string of the molecule is CC(=O)NCCNCc1ccncc1. The summed E-state index contributed by atoms with van der Waals surface area (Å²) >= 11 is 0. The molecule has 0 atom stereocenters. The lowest BCUT2D eigenvalue weighted by atomic mass is 10.3. The molecule has 1 aromatic heterocycles. The van der Waals surface area contributed by atoms with Gasteiger partial charge in [0.15, 0.2) is 0 Å². The largest absolute Gasteiger partial charge is 0.355 e. The number of aromatic nitrogens is 1. The fraction of sp³-hybridized carbons (Fsp3) is 0.400. The van der Waals surface area contributed by atoms with E-state index in [-0.39, 0.29) is 5.91 Å². The van der Waals surface area contributed by atoms with Gasteiger partial charge in [0.1, 0.15) is 0 Å². The van der Waals surface area contributed by atoms with Crippen LogP contribution in [-0.4, -0.2) is 24.0 Å². The summed E-state index contributed by atoms with van der Waals surface area (Å²) in [6.07, 6.45) is 3.54. The average Bonchev–Trinajstić information content (AvgIpc) is 2.18. The van der Waals surface area contributed by atoms with Crippen LogP contribution in [0.1, 0.15) is 12.5 Å². The number of hydrogen-bond donors (Lipinski definition) is 2. The molecule has 4 nitrogen and oxygen atoms in total. The Hall–Kier alpha value is -1.42. The minimum absolute atomic E-state index is 0.00992. The van der Waals surface area contributed by atoms with E-state index in [1.165, 1.54) is 12.5 Å². The zero-order valence-corrected chi connectivity index (χ0v) is 8.29. The van der Waals surface area contributed by atoms with Crippen molar-refractivity contribution >= 4 is 5.91 Å². The Labute approximate surface area is 83.7 Å². The van der Waals surface area contributed by atoms with Gasteiger partial charge in [0.2, 0.25) is 5.91 Å². The number of carbonyl (C=O) groups excluding carboxylic acids is 1. The lowest BCUT2D eigenvalue weighted by Gasteiger charge is -2.04. The van der Waals surface area contributed by atoms with Crippen LogP contribution in [0.4, 0.5) is 0 Å². The predicted molar refractivity (Wildman–Crippen MR) is 54.6 cm³/mol. The van der Waals surface area contributed by atoms with Crippen molar-refractivity contribution < 1.29 is 4.79 Å². The summed E-state index contributed by atoms with van der Waals surface area (Å²) in [4.78, 5) is 14.5. The Bertz CT molecular complexity index is 274. The zero-order chi connectivity index (χ0) is 10.2. The molecule has 0 aliphatic heterocycles. The highest BCUT2D eigenvalue weighted by atomic mass is 16.1. The molecule has 0 aliphatic carbocycles. The summed E-state index contributed by atoms with van der Waals surface area (Å²) in [6, 6.07) is 3.93. The molecule has 2 N–H and O–H groups in total. The van der Waals surface area contributed by atoms with E-state index in [9.17, 15) is 4.79 Å². The Kier molecular flexibility index (Phi) is 4.64. The van der Waals surface area contributed by atoms with Crippen molar-refractivity contribution in [3.05, 3.63) is 30.1 Å². The summed E-state index contributed by atoms with van der Waals surface area (Å²) in [5.74, 6) is 0.00992. The summed E-state index contributed by atoms with van der Waals surface area (Å²) in [5.41, 5.74) is 1.20. The second-order valence-electron chi connectivity index (χ2n) is 3.02. The van der Waals surface area contributed by atoms with E-state index in [2.05, 4.69) is 15.6 Å². The van der Waals surface area contributed by atoms with Crippen LogP contribution >= 0.6 is 0 Å². The Morgan fingerprint density at radius 2 is 2.07 bits per heavy atom. The molecule has 1 rings (SSSR count). The third-order valence-electron chi connectivity index (χ3n) is 1.75. The minimum atomic E-state index is 0.00992. The molecule has 1 aromatic rings. The first-order valence-corrected chi connectivity index (χ1v) is 4.63. The molecular formula is C10H15N3O. The minimum Gasteiger partial charge on any atom is -0.355 e. The summed E-state index contributed by atoms with van der Waals surface area (Å²) in [5, 5.41) is 5.93. The maximum absolute atomic E-state index is 10.5. The molecule has 1 heterocycles. The van der Waals surface area contributed by atoms with E-state index >= 15 is 0 Å². The van der Waals surface area contributed by atoms with Gasteiger partial charge in [0.05, 0.1) is 0 Å². The van der Waals surface area contributed by atoms with Gasteiger partial charge in [0.25, 0.3) is 0 Å². The van der Waals surface area contributed by atoms with E-state index in [1.807, 2.05) is 12.1 Å². The molecule has 0 fully saturated rings. The van der Waals surface area contributed by atoms with E-state index < -0.39 is 0 Å². The van der Waals surface area contributed by atoms with Crippen molar-refractivity contribution in [3.63, 3.8) is 0 Å². The van der Waals surface area contributed by atoms with Crippen LogP contribution in [0.3, 0.4) is 0 Å². The second-order valence-corrected chi connectivity index (χ2v) is 3.02. The summed E-state index contributed by atoms with van der Waals surface area (Å²) in [6.45, 7) is 3.77. The number of nitrogens with one attached hydrogen (secondary N) is 2. The van der Waals surface area contributed by atoms with Crippen molar-refractivity contribution in [2.24, 2.45) is 0 Å². The maximum atomic E-state index is 10.5. The van der Waals surface area contributed by atoms with Gasteiger partial charge in [-0.1, -0.05) is 0 Å². The molecule has 0 saturated heterocycles. The third-order valence-corrected chi connectivity index (χ3v) is 1.75. The Morgan fingerprint density at radius 3 is 2.71 bits per heavy atom. The van der Waals surface area contributed by atoms with Crippen LogP contribution in [0.5, 0.6) is 0 Å². The molecule has 0 unspecified atom stereocenters. The highest BCUT2D eigenvalue weighted by Gasteiger charge is 1.91. The van der Waals surface area contributed by atoms with E-state index in [4.69, 9.17) is 0 Å². The average molecular weight is 193 g/mol. The molecule has 0 aromatic carbocycles. The molecular weight excluding hydrogens is 178 g/mol. The molecule has 0 spiro atoms. The van der Waals surface area contributed by atoms with E-state index in [0.717, 1.165) is 13.1 Å². The Balaban J connectivity index is 2.08. The van der Waals surface area contributed by atoms with Crippen molar-refractivity contribution in [1.29, 1.82) is 0 Å². The molecule has 0 saturated carbocycles. The zero-order valence-electron chi connectivity index (χ0n) is 8.29.